The van der Waals surface area contributed by atoms with E-state index in [0.717, 1.165) is 0 Å². The molecule has 2 aromatic heterocycles. The number of alkyl halides is 3. The van der Waals surface area contributed by atoms with E-state index in [4.69, 9.17) is 10.6 Å². The number of aromatic nitrogens is 4. The van der Waals surface area contributed by atoms with Crippen molar-refractivity contribution >= 4 is 5.95 Å². The van der Waals surface area contributed by atoms with Crippen molar-refractivity contribution in [1.82, 2.24) is 19.7 Å². The molecule has 0 aliphatic heterocycles. The van der Waals surface area contributed by atoms with Crippen molar-refractivity contribution in [2.45, 2.75) is 19.6 Å². The van der Waals surface area contributed by atoms with Gasteiger partial charge in [0.2, 0.25) is 11.8 Å². The zero-order valence-corrected chi connectivity index (χ0v) is 10.3. The summed E-state index contributed by atoms with van der Waals surface area (Å²) in [6.45, 7) is 2.47. The maximum atomic E-state index is 12.7. The van der Waals surface area contributed by atoms with Gasteiger partial charge in [-0.2, -0.15) is 23.3 Å². The fraction of sp³-hybridized carbons (Fsp3) is 0.300. The van der Waals surface area contributed by atoms with E-state index in [9.17, 15) is 13.2 Å². The first-order chi connectivity index (χ1) is 9.42. The molecule has 7 nitrogen and oxygen atoms in total. The number of nitrogens with two attached hydrogens (primary N) is 1. The first-order valence-electron chi connectivity index (χ1n) is 5.55. The molecule has 2 rings (SSSR count). The van der Waals surface area contributed by atoms with Crippen molar-refractivity contribution in [1.29, 1.82) is 0 Å². The molecule has 0 aromatic carbocycles. The van der Waals surface area contributed by atoms with Crippen molar-refractivity contribution in [3.8, 4) is 11.6 Å². The van der Waals surface area contributed by atoms with Gasteiger partial charge in [0.05, 0.1) is 12.4 Å². The number of nitrogens with zero attached hydrogens (tertiary/aromatic N) is 4. The smallest absolute Gasteiger partial charge is 0.433 e. The minimum absolute atomic E-state index is 0.265. The van der Waals surface area contributed by atoms with Crippen LogP contribution >= 0.6 is 0 Å². The van der Waals surface area contributed by atoms with Gasteiger partial charge in [-0.15, -0.1) is 0 Å². The van der Waals surface area contributed by atoms with E-state index in [1.54, 1.807) is 4.68 Å². The number of anilines is 1. The molecule has 0 fully saturated rings. The predicted molar refractivity (Wildman–Crippen MR) is 62.8 cm³/mol. The van der Waals surface area contributed by atoms with Gasteiger partial charge in [0.1, 0.15) is 0 Å². The molecule has 108 valence electrons. The summed E-state index contributed by atoms with van der Waals surface area (Å²) in [4.78, 5) is 6.90. The first-order valence-corrected chi connectivity index (χ1v) is 5.55. The van der Waals surface area contributed by atoms with Crippen molar-refractivity contribution in [2.24, 2.45) is 5.84 Å². The molecule has 0 saturated heterocycles. The minimum atomic E-state index is -4.62. The second kappa shape index (κ2) is 5.33. The molecule has 0 saturated carbocycles. The Morgan fingerprint density at radius 1 is 1.40 bits per heavy atom. The number of ether oxygens (including phenoxy) is 1. The number of rotatable bonds is 4. The first kappa shape index (κ1) is 14.1. The highest BCUT2D eigenvalue weighted by Gasteiger charge is 2.34. The zero-order valence-electron chi connectivity index (χ0n) is 10.3. The standard InChI is InChI=1S/C10H11F3N6O/c1-2-19-5-6(4-15-19)20-8-3-7(10(11,12)13)16-9(17-8)18-14/h3-5H,2,14H2,1H3,(H,16,17,18). The third-order valence-electron chi connectivity index (χ3n) is 2.28. The van der Waals surface area contributed by atoms with Crippen LogP contribution in [0.5, 0.6) is 11.6 Å². The Morgan fingerprint density at radius 3 is 2.70 bits per heavy atom. The van der Waals surface area contributed by atoms with E-state index in [2.05, 4.69) is 15.1 Å². The van der Waals surface area contributed by atoms with Gasteiger partial charge in [0.15, 0.2) is 11.4 Å². The van der Waals surface area contributed by atoms with Crippen LogP contribution in [0, 0.1) is 0 Å². The van der Waals surface area contributed by atoms with Crippen LogP contribution in [-0.4, -0.2) is 19.7 Å². The minimum Gasteiger partial charge on any atom is -0.436 e. The third-order valence-corrected chi connectivity index (χ3v) is 2.28. The number of nitrogens with one attached hydrogen (secondary N) is 1. The molecule has 2 heterocycles. The van der Waals surface area contributed by atoms with E-state index < -0.39 is 17.8 Å². The maximum absolute atomic E-state index is 12.7. The molecule has 0 bridgehead atoms. The average molecular weight is 288 g/mol. The van der Waals surface area contributed by atoms with E-state index in [-0.39, 0.29) is 11.6 Å². The molecule has 0 radical (unpaired) electrons. The molecule has 2 aromatic rings. The summed E-state index contributed by atoms with van der Waals surface area (Å²) in [5.41, 5.74) is 0.805. The quantitative estimate of drug-likeness (QED) is 0.658. The largest absolute Gasteiger partial charge is 0.436 e. The van der Waals surface area contributed by atoms with Gasteiger partial charge in [-0.05, 0) is 6.92 Å². The molecule has 0 spiro atoms. The summed E-state index contributed by atoms with van der Waals surface area (Å²) in [6, 6.07) is 0.685. The number of hydrogen-bond donors (Lipinski definition) is 2. The second-order valence-corrected chi connectivity index (χ2v) is 3.69. The van der Waals surface area contributed by atoms with E-state index >= 15 is 0 Å². The van der Waals surface area contributed by atoms with Crippen LogP contribution < -0.4 is 16.0 Å². The Morgan fingerprint density at radius 2 is 2.15 bits per heavy atom. The molecule has 0 amide bonds. The lowest BCUT2D eigenvalue weighted by molar-refractivity contribution is -0.141. The van der Waals surface area contributed by atoms with Crippen molar-refractivity contribution in [3.05, 3.63) is 24.2 Å². The lowest BCUT2D eigenvalue weighted by Gasteiger charge is -2.09. The normalized spacial score (nSPS) is 11.4. The highest BCUT2D eigenvalue weighted by molar-refractivity contribution is 5.32. The van der Waals surface area contributed by atoms with Gasteiger partial charge in [-0.25, -0.2) is 10.8 Å². The topological polar surface area (TPSA) is 90.9 Å². The van der Waals surface area contributed by atoms with Gasteiger partial charge in [-0.1, -0.05) is 0 Å². The maximum Gasteiger partial charge on any atom is 0.433 e. The van der Waals surface area contributed by atoms with Crippen molar-refractivity contribution < 1.29 is 17.9 Å². The lowest BCUT2D eigenvalue weighted by Crippen LogP contribution is -2.15. The van der Waals surface area contributed by atoms with Crippen LogP contribution in [0.25, 0.3) is 0 Å². The highest BCUT2D eigenvalue weighted by Crippen LogP contribution is 2.31. The molecule has 0 aliphatic rings. The molecular weight excluding hydrogens is 277 g/mol. The summed E-state index contributed by atoms with van der Waals surface area (Å²) in [5.74, 6) is 4.63. The summed E-state index contributed by atoms with van der Waals surface area (Å²) < 4.78 is 44.7. The molecule has 0 aliphatic carbocycles. The molecule has 3 N–H and O–H groups in total. The van der Waals surface area contributed by atoms with Gasteiger partial charge in [0.25, 0.3) is 0 Å². The fourth-order valence-electron chi connectivity index (χ4n) is 1.38. The van der Waals surface area contributed by atoms with Crippen LogP contribution in [0.2, 0.25) is 0 Å². The summed E-state index contributed by atoms with van der Waals surface area (Å²) >= 11 is 0. The number of nitrogen functional groups attached to an aromatic ring is 1. The average Bonchev–Trinajstić information content (AvgIpc) is 2.85. The predicted octanol–water partition coefficient (Wildman–Crippen LogP) is 1.79. The Balaban J connectivity index is 2.31. The number of hydrogen-bond acceptors (Lipinski definition) is 6. The van der Waals surface area contributed by atoms with Crippen LogP contribution in [-0.2, 0) is 12.7 Å². The Labute approximate surface area is 111 Å². The summed E-state index contributed by atoms with van der Waals surface area (Å²) in [7, 11) is 0. The van der Waals surface area contributed by atoms with Gasteiger partial charge < -0.3 is 4.74 Å². The third kappa shape index (κ3) is 3.15. The number of hydrazine groups is 1. The Kier molecular flexibility index (Phi) is 3.74. The van der Waals surface area contributed by atoms with Crippen molar-refractivity contribution in [3.63, 3.8) is 0 Å². The Bertz CT molecular complexity index is 597. The van der Waals surface area contributed by atoms with Crippen LogP contribution in [0.3, 0.4) is 0 Å². The van der Waals surface area contributed by atoms with Gasteiger partial charge in [0, 0.05) is 12.6 Å². The second-order valence-electron chi connectivity index (χ2n) is 3.69. The van der Waals surface area contributed by atoms with Crippen LogP contribution in [0.4, 0.5) is 19.1 Å². The molecule has 0 unspecified atom stereocenters. The van der Waals surface area contributed by atoms with Crippen molar-refractivity contribution in [2.75, 3.05) is 5.43 Å². The van der Waals surface area contributed by atoms with E-state index in [1.807, 2.05) is 12.3 Å². The zero-order chi connectivity index (χ0) is 14.8. The lowest BCUT2D eigenvalue weighted by atomic mass is 10.4. The summed E-state index contributed by atoms with van der Waals surface area (Å²) in [6.07, 6.45) is -1.72. The van der Waals surface area contributed by atoms with E-state index in [1.165, 1.54) is 12.4 Å². The molecule has 10 heteroatoms. The van der Waals surface area contributed by atoms with Gasteiger partial charge >= 0.3 is 6.18 Å². The number of aryl methyl sites for hydroxylation is 1. The molecule has 20 heavy (non-hydrogen) atoms. The SMILES string of the molecule is CCn1cc(Oc2cc(C(F)(F)F)nc(NN)n2)cn1. The fourth-order valence-corrected chi connectivity index (χ4v) is 1.38. The molecule has 0 atom stereocenters. The van der Waals surface area contributed by atoms with Crippen LogP contribution in [0.15, 0.2) is 18.5 Å². The molecular formula is C10H11F3N6O. The summed E-state index contributed by atoms with van der Waals surface area (Å²) in [5, 5.41) is 3.93. The van der Waals surface area contributed by atoms with Crippen LogP contribution in [0.1, 0.15) is 12.6 Å². The monoisotopic (exact) mass is 288 g/mol. The highest BCUT2D eigenvalue weighted by atomic mass is 19.4. The number of halogens is 3. The van der Waals surface area contributed by atoms with Gasteiger partial charge in [-0.3, -0.25) is 10.1 Å². The Hall–Kier alpha value is -2.36. The van der Waals surface area contributed by atoms with E-state index in [0.29, 0.717) is 12.6 Å².